The number of carbonyl (C=O) groups is 1. The molecule has 0 saturated heterocycles. The molecule has 2 aromatic carbocycles. The third-order valence-electron chi connectivity index (χ3n) is 2.31. The molecule has 0 aromatic heterocycles. The molecule has 0 unspecified atom stereocenters. The molecule has 0 heterocycles. The molecule has 21 heavy (non-hydrogen) atoms. The van der Waals surface area contributed by atoms with Crippen LogP contribution in [0.4, 0.5) is 5.69 Å². The minimum atomic E-state index is -5.15. The molecular formula is C14H16AsNO5. The Bertz CT molecular complexity index is 612. The molecule has 0 fully saturated rings. The SMILES string of the molecule is CC(=O)Nc1cccc([As](=O)(O)O)c1O.c1ccccc1. The van der Waals surface area contributed by atoms with Crippen LogP contribution in [0.15, 0.2) is 54.6 Å². The molecule has 0 aliphatic carbocycles. The van der Waals surface area contributed by atoms with Crippen molar-refractivity contribution in [1.82, 2.24) is 0 Å². The zero-order chi connectivity index (χ0) is 15.9. The second-order valence-corrected chi connectivity index (χ2v) is 7.35. The normalized spacial score (nSPS) is 10.2. The van der Waals surface area contributed by atoms with Gasteiger partial charge in [-0.05, 0) is 0 Å². The first kappa shape index (κ1) is 17.0. The number of nitrogens with one attached hydrogen (secondary N) is 1. The van der Waals surface area contributed by atoms with Crippen LogP contribution in [0.25, 0.3) is 0 Å². The molecule has 0 radical (unpaired) electrons. The van der Waals surface area contributed by atoms with Gasteiger partial charge < -0.3 is 0 Å². The Kier molecular flexibility index (Phi) is 6.24. The number of phenolic OH excluding ortho intramolecular Hbond substituents is 1. The van der Waals surface area contributed by atoms with Crippen molar-refractivity contribution in [3.05, 3.63) is 54.6 Å². The smallest absolute Gasteiger partial charge is 0.0623 e. The van der Waals surface area contributed by atoms with E-state index in [2.05, 4.69) is 5.32 Å². The molecule has 112 valence electrons. The number of phenols is 1. The second kappa shape index (κ2) is 7.69. The third kappa shape index (κ3) is 5.87. The quantitative estimate of drug-likeness (QED) is 0.467. The zero-order valence-corrected chi connectivity index (χ0v) is 13.2. The second-order valence-electron chi connectivity index (χ2n) is 4.05. The van der Waals surface area contributed by atoms with E-state index in [9.17, 15) is 13.6 Å². The summed E-state index contributed by atoms with van der Waals surface area (Å²) in [5, 5.41) is 11.7. The summed E-state index contributed by atoms with van der Waals surface area (Å²) in [6.45, 7) is 1.23. The van der Waals surface area contributed by atoms with Crippen molar-refractivity contribution in [2.75, 3.05) is 5.32 Å². The molecular weight excluding hydrogens is 337 g/mol. The number of anilines is 1. The van der Waals surface area contributed by atoms with Gasteiger partial charge in [0.25, 0.3) is 0 Å². The first-order valence-electron chi connectivity index (χ1n) is 5.98. The van der Waals surface area contributed by atoms with Crippen LogP contribution >= 0.6 is 0 Å². The van der Waals surface area contributed by atoms with Gasteiger partial charge in [-0.2, -0.15) is 0 Å². The minimum Gasteiger partial charge on any atom is -0.0623 e. The largest absolute Gasteiger partial charge is 0.0623 e. The number of rotatable bonds is 2. The summed E-state index contributed by atoms with van der Waals surface area (Å²) in [5.41, 5.74) is -0.00951. The number of para-hydroxylation sites is 1. The van der Waals surface area contributed by atoms with Crippen molar-refractivity contribution >= 4 is 30.1 Å². The number of amides is 1. The van der Waals surface area contributed by atoms with Crippen molar-refractivity contribution in [1.29, 1.82) is 0 Å². The van der Waals surface area contributed by atoms with Crippen LogP contribution in [-0.4, -0.2) is 33.4 Å². The van der Waals surface area contributed by atoms with E-state index in [1.165, 1.54) is 19.1 Å². The average molecular weight is 353 g/mol. The first-order valence-corrected chi connectivity index (χ1v) is 9.36. The van der Waals surface area contributed by atoms with Crippen molar-refractivity contribution in [3.8, 4) is 5.75 Å². The van der Waals surface area contributed by atoms with Crippen LogP contribution in [0.1, 0.15) is 6.92 Å². The summed E-state index contributed by atoms with van der Waals surface area (Å²) in [6.07, 6.45) is 0. The van der Waals surface area contributed by atoms with Crippen LogP contribution in [0.2, 0.25) is 0 Å². The molecule has 7 heteroatoms. The molecule has 0 atom stereocenters. The molecule has 0 spiro atoms. The predicted octanol–water partition coefficient (Wildman–Crippen LogP) is 0.598. The molecule has 1 amide bonds. The Labute approximate surface area is 125 Å². The van der Waals surface area contributed by atoms with Gasteiger partial charge in [0, 0.05) is 0 Å². The van der Waals surface area contributed by atoms with E-state index in [-0.39, 0.29) is 5.69 Å². The van der Waals surface area contributed by atoms with Crippen molar-refractivity contribution in [2.45, 2.75) is 6.92 Å². The number of hydrogen-bond donors (Lipinski definition) is 4. The van der Waals surface area contributed by atoms with E-state index in [1.807, 2.05) is 36.4 Å². The summed E-state index contributed by atoms with van der Waals surface area (Å²) < 4.78 is 28.4. The van der Waals surface area contributed by atoms with E-state index in [1.54, 1.807) is 0 Å². The van der Waals surface area contributed by atoms with Crippen LogP contribution in [-0.2, 0) is 8.53 Å². The van der Waals surface area contributed by atoms with Crippen LogP contribution < -0.4 is 9.67 Å². The van der Waals surface area contributed by atoms with Gasteiger partial charge in [0.2, 0.25) is 0 Å². The van der Waals surface area contributed by atoms with E-state index in [0.29, 0.717) is 0 Å². The van der Waals surface area contributed by atoms with E-state index >= 15 is 0 Å². The van der Waals surface area contributed by atoms with Crippen molar-refractivity contribution in [3.63, 3.8) is 0 Å². The van der Waals surface area contributed by atoms with Gasteiger partial charge in [-0.3, -0.25) is 0 Å². The number of carbonyl (C=O) groups excluding carboxylic acids is 1. The molecule has 0 bridgehead atoms. The molecule has 0 saturated carbocycles. The van der Waals surface area contributed by atoms with Crippen LogP contribution in [0.5, 0.6) is 5.75 Å². The van der Waals surface area contributed by atoms with Gasteiger partial charge in [-0.25, -0.2) is 0 Å². The maximum absolute atomic E-state index is 11.0. The van der Waals surface area contributed by atoms with Crippen LogP contribution in [0, 0.1) is 0 Å². The van der Waals surface area contributed by atoms with E-state index in [4.69, 9.17) is 8.19 Å². The summed E-state index contributed by atoms with van der Waals surface area (Å²) in [7, 11) is 0. The fourth-order valence-corrected chi connectivity index (χ4v) is 2.86. The maximum Gasteiger partial charge on any atom is -0.0623 e. The Hall–Kier alpha value is -2.01. The Balaban J connectivity index is 0.000000304. The number of aromatic hydroxyl groups is 1. The number of hydrogen-bond acceptors (Lipinski definition) is 3. The summed E-state index contributed by atoms with van der Waals surface area (Å²) in [4.78, 5) is 10.7. The van der Waals surface area contributed by atoms with E-state index < -0.39 is 30.2 Å². The monoisotopic (exact) mass is 353 g/mol. The molecule has 0 aliphatic rings. The van der Waals surface area contributed by atoms with Crippen molar-refractivity contribution in [2.24, 2.45) is 0 Å². The fourth-order valence-electron chi connectivity index (χ4n) is 1.44. The van der Waals surface area contributed by atoms with Gasteiger partial charge in [-0.15, -0.1) is 0 Å². The zero-order valence-electron chi connectivity index (χ0n) is 11.3. The van der Waals surface area contributed by atoms with Gasteiger partial charge in [0.05, 0.1) is 0 Å². The van der Waals surface area contributed by atoms with Gasteiger partial charge in [-0.1, -0.05) is 36.4 Å². The fraction of sp³-hybridized carbons (Fsp3) is 0.0714. The average Bonchev–Trinajstić information content (AvgIpc) is 2.42. The number of benzene rings is 2. The Morgan fingerprint density at radius 2 is 1.48 bits per heavy atom. The first-order chi connectivity index (χ1) is 9.82. The molecule has 0 aliphatic heterocycles. The summed E-state index contributed by atoms with van der Waals surface area (Å²) in [6, 6.07) is 15.8. The molecule has 6 nitrogen and oxygen atoms in total. The summed E-state index contributed by atoms with van der Waals surface area (Å²) >= 11 is -5.15. The van der Waals surface area contributed by atoms with E-state index in [0.717, 1.165) is 6.07 Å². The standard InChI is InChI=1S/C8H10AsNO5.C6H6/c1-5(11)10-7-4-2-3-6(8(7)12)9(13,14)15;1-2-4-6-5-3-1/h2-4,12H,1H3,(H,10,11)(H2,13,14,15);1-6H. The molecule has 2 aromatic rings. The predicted molar refractivity (Wildman–Crippen MR) is 79.4 cm³/mol. The van der Waals surface area contributed by atoms with Crippen LogP contribution in [0.3, 0.4) is 0 Å². The van der Waals surface area contributed by atoms with Crippen molar-refractivity contribution < 1.29 is 21.8 Å². The van der Waals surface area contributed by atoms with Gasteiger partial charge >= 0.3 is 88.1 Å². The van der Waals surface area contributed by atoms with Gasteiger partial charge in [0.15, 0.2) is 0 Å². The minimum absolute atomic E-state index is 0.00951. The Morgan fingerprint density at radius 1 is 1.00 bits per heavy atom. The topological polar surface area (TPSA) is 107 Å². The third-order valence-corrected chi connectivity index (χ3v) is 4.38. The Morgan fingerprint density at radius 3 is 1.86 bits per heavy atom. The molecule has 2 rings (SSSR count). The molecule has 4 N–H and O–H groups in total. The van der Waals surface area contributed by atoms with Gasteiger partial charge in [0.1, 0.15) is 0 Å². The summed E-state index contributed by atoms with van der Waals surface area (Å²) in [5.74, 6) is -1.01. The maximum atomic E-state index is 11.0.